The highest BCUT2D eigenvalue weighted by atomic mass is 32.2. The Hall–Kier alpha value is -2.48. The van der Waals surface area contributed by atoms with Crippen LogP contribution in [0.1, 0.15) is 18.4 Å². The Bertz CT molecular complexity index is 983. The number of anilines is 2. The first-order valence-corrected chi connectivity index (χ1v) is 9.76. The molecule has 0 bridgehead atoms. The van der Waals surface area contributed by atoms with Gasteiger partial charge in [-0.25, -0.2) is 17.2 Å². The van der Waals surface area contributed by atoms with Crippen LogP contribution in [0, 0.1) is 17.6 Å². The summed E-state index contributed by atoms with van der Waals surface area (Å²) < 4.78 is 54.4. The Labute approximate surface area is 149 Å². The molecule has 136 valence electrons. The van der Waals surface area contributed by atoms with Gasteiger partial charge in [-0.05, 0) is 55.2 Å². The van der Waals surface area contributed by atoms with E-state index >= 15 is 0 Å². The minimum atomic E-state index is -4.16. The molecule has 26 heavy (non-hydrogen) atoms. The first-order valence-electron chi connectivity index (χ1n) is 8.28. The molecular formula is C18H16F2N2O3S. The average molecular weight is 378 g/mol. The van der Waals surface area contributed by atoms with Gasteiger partial charge in [0.25, 0.3) is 10.0 Å². The number of para-hydroxylation sites is 1. The molecule has 2 aromatic carbocycles. The van der Waals surface area contributed by atoms with Crippen molar-refractivity contribution >= 4 is 27.3 Å². The van der Waals surface area contributed by atoms with Crippen LogP contribution in [0.2, 0.25) is 0 Å². The molecule has 1 saturated carbocycles. The summed E-state index contributed by atoms with van der Waals surface area (Å²) in [6.45, 7) is 0.517. The van der Waals surface area contributed by atoms with Gasteiger partial charge >= 0.3 is 0 Å². The number of hydrogen-bond acceptors (Lipinski definition) is 3. The summed E-state index contributed by atoms with van der Waals surface area (Å²) in [6.07, 6.45) is 2.34. The number of carbonyl (C=O) groups excluding carboxylic acids is 1. The van der Waals surface area contributed by atoms with Crippen molar-refractivity contribution in [3.05, 3.63) is 53.6 Å². The lowest BCUT2D eigenvalue weighted by atomic mass is 10.2. The van der Waals surface area contributed by atoms with Crippen LogP contribution in [-0.4, -0.2) is 20.9 Å². The monoisotopic (exact) mass is 378 g/mol. The number of benzene rings is 2. The number of nitrogens with zero attached hydrogens (tertiary/aromatic N) is 1. The third kappa shape index (κ3) is 2.94. The van der Waals surface area contributed by atoms with Gasteiger partial charge in [0.1, 0.15) is 17.3 Å². The van der Waals surface area contributed by atoms with Crippen LogP contribution in [0.25, 0.3) is 0 Å². The Balaban J connectivity index is 1.63. The number of nitrogens with one attached hydrogen (secondary N) is 1. The summed E-state index contributed by atoms with van der Waals surface area (Å²) in [4.78, 5) is 13.9. The van der Waals surface area contributed by atoms with Crippen LogP contribution in [-0.2, 0) is 21.2 Å². The molecule has 1 fully saturated rings. The standard InChI is InChI=1S/C18H16F2N2O3S/c19-14-2-1-3-15(20)17(14)21-26(24,25)13-6-7-16-12(10-13)8-9-22(16)18(23)11-4-5-11/h1-3,6-7,10-11,21H,4-5,8-9H2. The minimum Gasteiger partial charge on any atom is -0.312 e. The fraction of sp³-hybridized carbons (Fsp3) is 0.278. The van der Waals surface area contributed by atoms with E-state index in [1.165, 1.54) is 12.1 Å². The van der Waals surface area contributed by atoms with Crippen LogP contribution in [0.4, 0.5) is 20.2 Å². The molecule has 5 nitrogen and oxygen atoms in total. The molecule has 1 heterocycles. The zero-order chi connectivity index (χ0) is 18.5. The highest BCUT2D eigenvalue weighted by Crippen LogP contribution is 2.37. The Morgan fingerprint density at radius 3 is 2.46 bits per heavy atom. The van der Waals surface area contributed by atoms with E-state index in [4.69, 9.17) is 0 Å². The number of carbonyl (C=O) groups is 1. The predicted octanol–water partition coefficient (Wildman–Crippen LogP) is 3.06. The second-order valence-electron chi connectivity index (χ2n) is 6.51. The topological polar surface area (TPSA) is 66.5 Å². The zero-order valence-electron chi connectivity index (χ0n) is 13.7. The van der Waals surface area contributed by atoms with Gasteiger partial charge in [0.15, 0.2) is 0 Å². The van der Waals surface area contributed by atoms with Crippen molar-refractivity contribution in [1.29, 1.82) is 0 Å². The predicted molar refractivity (Wildman–Crippen MR) is 92.4 cm³/mol. The summed E-state index contributed by atoms with van der Waals surface area (Å²) in [5.74, 6) is -1.83. The number of fused-ring (bicyclic) bond motifs is 1. The summed E-state index contributed by atoms with van der Waals surface area (Å²) in [6, 6.07) is 7.49. The van der Waals surface area contributed by atoms with Gasteiger partial charge in [-0.3, -0.25) is 9.52 Å². The number of sulfonamides is 1. The van der Waals surface area contributed by atoms with Gasteiger partial charge < -0.3 is 4.90 Å². The van der Waals surface area contributed by atoms with E-state index in [1.807, 2.05) is 4.72 Å². The fourth-order valence-corrected chi connectivity index (χ4v) is 4.24. The smallest absolute Gasteiger partial charge is 0.262 e. The maximum atomic E-state index is 13.7. The maximum Gasteiger partial charge on any atom is 0.262 e. The summed E-state index contributed by atoms with van der Waals surface area (Å²) >= 11 is 0. The molecule has 0 saturated heterocycles. The molecule has 1 amide bonds. The van der Waals surface area contributed by atoms with E-state index in [-0.39, 0.29) is 16.7 Å². The second-order valence-corrected chi connectivity index (χ2v) is 8.19. The molecule has 1 aliphatic heterocycles. The molecule has 0 spiro atoms. The van der Waals surface area contributed by atoms with E-state index in [0.717, 1.165) is 36.6 Å². The van der Waals surface area contributed by atoms with Crippen molar-refractivity contribution < 1.29 is 22.0 Å². The molecule has 8 heteroatoms. The van der Waals surface area contributed by atoms with Gasteiger partial charge in [0, 0.05) is 18.2 Å². The first-order chi connectivity index (χ1) is 12.4. The molecule has 0 atom stereocenters. The molecular weight excluding hydrogens is 362 g/mol. The van der Waals surface area contributed by atoms with Gasteiger partial charge in [0.2, 0.25) is 5.91 Å². The van der Waals surface area contributed by atoms with Gasteiger partial charge in [0.05, 0.1) is 4.90 Å². The SMILES string of the molecule is O=C(C1CC1)N1CCc2cc(S(=O)(=O)Nc3c(F)cccc3F)ccc21. The third-order valence-corrected chi connectivity index (χ3v) is 6.00. The van der Waals surface area contributed by atoms with Crippen molar-refractivity contribution in [1.82, 2.24) is 0 Å². The summed E-state index contributed by atoms with van der Waals surface area (Å²) in [5.41, 5.74) is 0.729. The minimum absolute atomic E-state index is 0.0749. The zero-order valence-corrected chi connectivity index (χ0v) is 14.5. The summed E-state index contributed by atoms with van der Waals surface area (Å²) in [7, 11) is -4.16. The van der Waals surface area contributed by atoms with Crippen molar-refractivity contribution in [2.24, 2.45) is 5.92 Å². The maximum absolute atomic E-state index is 13.7. The van der Waals surface area contributed by atoms with Gasteiger partial charge in [-0.2, -0.15) is 0 Å². The number of hydrogen-bond donors (Lipinski definition) is 1. The van der Waals surface area contributed by atoms with Crippen LogP contribution < -0.4 is 9.62 Å². The molecule has 2 aliphatic rings. The van der Waals surface area contributed by atoms with E-state index in [1.54, 1.807) is 11.0 Å². The van der Waals surface area contributed by atoms with Crippen LogP contribution in [0.3, 0.4) is 0 Å². The highest BCUT2D eigenvalue weighted by molar-refractivity contribution is 7.92. The van der Waals surface area contributed by atoms with Crippen LogP contribution in [0.15, 0.2) is 41.3 Å². The van der Waals surface area contributed by atoms with E-state index < -0.39 is 27.3 Å². The molecule has 0 radical (unpaired) electrons. The van der Waals surface area contributed by atoms with Crippen LogP contribution >= 0.6 is 0 Å². The van der Waals surface area contributed by atoms with Crippen molar-refractivity contribution in [3.63, 3.8) is 0 Å². The number of halogens is 2. The lowest BCUT2D eigenvalue weighted by Crippen LogP contribution is -2.30. The third-order valence-electron chi connectivity index (χ3n) is 4.65. The number of rotatable bonds is 4. The van der Waals surface area contributed by atoms with E-state index in [9.17, 15) is 22.0 Å². The fourth-order valence-electron chi connectivity index (χ4n) is 3.11. The number of amides is 1. The van der Waals surface area contributed by atoms with Crippen molar-refractivity contribution in [3.8, 4) is 0 Å². The Morgan fingerprint density at radius 1 is 1.12 bits per heavy atom. The molecule has 2 aromatic rings. The lowest BCUT2D eigenvalue weighted by molar-refractivity contribution is -0.119. The average Bonchev–Trinajstić information content (AvgIpc) is 3.37. The van der Waals surface area contributed by atoms with Crippen molar-refractivity contribution in [2.45, 2.75) is 24.2 Å². The lowest BCUT2D eigenvalue weighted by Gasteiger charge is -2.17. The quantitative estimate of drug-likeness (QED) is 0.889. The summed E-state index contributed by atoms with van der Waals surface area (Å²) in [5, 5.41) is 0. The van der Waals surface area contributed by atoms with Crippen LogP contribution in [0.5, 0.6) is 0 Å². The molecule has 1 aliphatic carbocycles. The molecule has 1 N–H and O–H groups in total. The molecule has 0 unspecified atom stereocenters. The molecule has 0 aromatic heterocycles. The van der Waals surface area contributed by atoms with E-state index in [2.05, 4.69) is 0 Å². The molecule has 4 rings (SSSR count). The first kappa shape index (κ1) is 17.0. The van der Waals surface area contributed by atoms with E-state index in [0.29, 0.717) is 18.7 Å². The second kappa shape index (κ2) is 6.05. The van der Waals surface area contributed by atoms with Gasteiger partial charge in [-0.15, -0.1) is 0 Å². The van der Waals surface area contributed by atoms with Crippen molar-refractivity contribution in [2.75, 3.05) is 16.2 Å². The normalized spacial score (nSPS) is 16.5. The Kier molecular flexibility index (Phi) is 3.95. The van der Waals surface area contributed by atoms with Gasteiger partial charge in [-0.1, -0.05) is 6.07 Å². The largest absolute Gasteiger partial charge is 0.312 e. The Morgan fingerprint density at radius 2 is 1.81 bits per heavy atom. The highest BCUT2D eigenvalue weighted by Gasteiger charge is 2.36.